The van der Waals surface area contributed by atoms with Crippen molar-refractivity contribution in [2.75, 3.05) is 32.1 Å². The lowest BCUT2D eigenvalue weighted by molar-refractivity contribution is 0.158. The van der Waals surface area contributed by atoms with Crippen molar-refractivity contribution in [3.63, 3.8) is 0 Å². The number of aromatic nitrogens is 1. The highest BCUT2D eigenvalue weighted by atomic mass is 16.5. The minimum Gasteiger partial charge on any atom is -0.481 e. The first-order valence-electron chi connectivity index (χ1n) is 8.48. The molecule has 0 aliphatic carbocycles. The number of amides is 2. The Bertz CT molecular complexity index is 478. The third-order valence-electron chi connectivity index (χ3n) is 4.30. The molecule has 6 nitrogen and oxygen atoms in total. The summed E-state index contributed by atoms with van der Waals surface area (Å²) in [4.78, 5) is 18.4. The van der Waals surface area contributed by atoms with Crippen LogP contribution in [0.25, 0.3) is 0 Å². The minimum atomic E-state index is -0.191. The molecule has 1 saturated heterocycles. The molecule has 0 spiro atoms. The fourth-order valence-corrected chi connectivity index (χ4v) is 2.88. The molecule has 1 aliphatic heterocycles. The van der Waals surface area contributed by atoms with Crippen LogP contribution in [-0.2, 0) is 0 Å². The summed E-state index contributed by atoms with van der Waals surface area (Å²) in [6.45, 7) is 5.36. The van der Waals surface area contributed by atoms with E-state index in [2.05, 4.69) is 27.4 Å². The van der Waals surface area contributed by atoms with Gasteiger partial charge in [-0.2, -0.15) is 0 Å². The smallest absolute Gasteiger partial charge is 0.319 e. The first-order valence-corrected chi connectivity index (χ1v) is 8.48. The summed E-state index contributed by atoms with van der Waals surface area (Å²) >= 11 is 0. The van der Waals surface area contributed by atoms with Gasteiger partial charge in [0.2, 0.25) is 5.88 Å². The molecule has 2 heterocycles. The van der Waals surface area contributed by atoms with Crippen LogP contribution in [0, 0.1) is 0 Å². The molecule has 6 heteroatoms. The van der Waals surface area contributed by atoms with Crippen molar-refractivity contribution in [3.8, 4) is 5.88 Å². The van der Waals surface area contributed by atoms with Gasteiger partial charge < -0.3 is 20.3 Å². The van der Waals surface area contributed by atoms with Crippen LogP contribution in [0.15, 0.2) is 18.3 Å². The zero-order valence-corrected chi connectivity index (χ0v) is 14.2. The van der Waals surface area contributed by atoms with E-state index in [0.717, 1.165) is 19.4 Å². The number of urea groups is 1. The number of hydrogen-bond acceptors (Lipinski definition) is 4. The Morgan fingerprint density at radius 2 is 2.26 bits per heavy atom. The normalized spacial score (nSPS) is 18.4. The number of nitrogens with zero attached hydrogens (tertiary/aromatic N) is 2. The number of ether oxygens (including phenoxy) is 1. The number of likely N-dealkylation sites (tertiary alicyclic amines) is 1. The van der Waals surface area contributed by atoms with Crippen molar-refractivity contribution in [1.29, 1.82) is 0 Å². The van der Waals surface area contributed by atoms with Gasteiger partial charge in [0.1, 0.15) is 0 Å². The van der Waals surface area contributed by atoms with E-state index >= 15 is 0 Å². The highest BCUT2D eigenvalue weighted by Crippen LogP contribution is 2.16. The van der Waals surface area contributed by atoms with Gasteiger partial charge >= 0.3 is 6.03 Å². The van der Waals surface area contributed by atoms with Crippen molar-refractivity contribution in [2.45, 2.75) is 45.1 Å². The van der Waals surface area contributed by atoms with Gasteiger partial charge in [-0.05, 0) is 51.8 Å². The Morgan fingerprint density at radius 3 is 2.96 bits per heavy atom. The van der Waals surface area contributed by atoms with Crippen LogP contribution in [0.4, 0.5) is 10.5 Å². The first kappa shape index (κ1) is 17.5. The second-order valence-electron chi connectivity index (χ2n) is 6.06. The highest BCUT2D eigenvalue weighted by molar-refractivity contribution is 5.88. The molecule has 2 amide bonds. The van der Waals surface area contributed by atoms with Gasteiger partial charge in [0.05, 0.1) is 19.0 Å². The molecule has 0 radical (unpaired) electrons. The molecule has 0 aromatic carbocycles. The number of unbranched alkanes of at least 4 members (excludes halogenated alkanes) is 1. The fourth-order valence-electron chi connectivity index (χ4n) is 2.88. The molecule has 2 rings (SSSR count). The molecular weight excluding hydrogens is 292 g/mol. The van der Waals surface area contributed by atoms with E-state index in [1.54, 1.807) is 25.4 Å². The summed E-state index contributed by atoms with van der Waals surface area (Å²) < 4.78 is 4.98. The Morgan fingerprint density at radius 1 is 1.39 bits per heavy atom. The van der Waals surface area contributed by atoms with E-state index in [4.69, 9.17) is 4.74 Å². The number of pyridine rings is 1. The second-order valence-corrected chi connectivity index (χ2v) is 6.06. The van der Waals surface area contributed by atoms with Gasteiger partial charge in [-0.3, -0.25) is 0 Å². The Balaban J connectivity index is 1.57. The van der Waals surface area contributed by atoms with Crippen molar-refractivity contribution >= 4 is 11.7 Å². The molecule has 0 saturated carbocycles. The largest absolute Gasteiger partial charge is 0.481 e. The molecule has 1 aromatic rings. The number of nitrogens with one attached hydrogen (secondary N) is 2. The SMILES string of the molecule is COc1ccc(NC(=O)NCCCCN2CCCC[C@@H]2C)cn1. The molecule has 1 aliphatic rings. The Hall–Kier alpha value is -1.82. The molecular formula is C17H28N4O2. The van der Waals surface area contributed by atoms with Gasteiger partial charge in [-0.1, -0.05) is 6.42 Å². The molecule has 128 valence electrons. The lowest BCUT2D eigenvalue weighted by Crippen LogP contribution is -2.38. The predicted molar refractivity (Wildman–Crippen MR) is 91.9 cm³/mol. The van der Waals surface area contributed by atoms with Crippen LogP contribution < -0.4 is 15.4 Å². The Labute approximate surface area is 138 Å². The number of rotatable bonds is 7. The summed E-state index contributed by atoms with van der Waals surface area (Å²) in [7, 11) is 1.56. The predicted octanol–water partition coefficient (Wildman–Crippen LogP) is 2.87. The first-order chi connectivity index (χ1) is 11.2. The summed E-state index contributed by atoms with van der Waals surface area (Å²) in [5.41, 5.74) is 0.658. The van der Waals surface area contributed by atoms with E-state index in [1.807, 2.05) is 0 Å². The third-order valence-corrected chi connectivity index (χ3v) is 4.30. The van der Waals surface area contributed by atoms with Crippen LogP contribution in [0.3, 0.4) is 0 Å². The molecule has 1 fully saturated rings. The van der Waals surface area contributed by atoms with Crippen LogP contribution in [0.2, 0.25) is 0 Å². The maximum atomic E-state index is 11.8. The van der Waals surface area contributed by atoms with E-state index in [-0.39, 0.29) is 6.03 Å². The fraction of sp³-hybridized carbons (Fsp3) is 0.647. The number of hydrogen-bond donors (Lipinski definition) is 2. The lowest BCUT2D eigenvalue weighted by Gasteiger charge is -2.33. The number of methoxy groups -OCH3 is 1. The zero-order chi connectivity index (χ0) is 16.5. The van der Waals surface area contributed by atoms with Crippen LogP contribution >= 0.6 is 0 Å². The minimum absolute atomic E-state index is 0.191. The second kappa shape index (κ2) is 9.35. The lowest BCUT2D eigenvalue weighted by atomic mass is 10.0. The van der Waals surface area contributed by atoms with Gasteiger partial charge in [0, 0.05) is 18.7 Å². The number of carbonyl (C=O) groups is 1. The number of piperidine rings is 1. The monoisotopic (exact) mass is 320 g/mol. The van der Waals surface area contributed by atoms with Crippen molar-refractivity contribution < 1.29 is 9.53 Å². The summed E-state index contributed by atoms with van der Waals surface area (Å²) in [5.74, 6) is 0.530. The van der Waals surface area contributed by atoms with Crippen molar-refractivity contribution in [3.05, 3.63) is 18.3 Å². The average molecular weight is 320 g/mol. The molecule has 1 aromatic heterocycles. The van der Waals surface area contributed by atoms with Gasteiger partial charge in [0.15, 0.2) is 0 Å². The molecule has 1 atom stereocenters. The van der Waals surface area contributed by atoms with Crippen LogP contribution in [0.5, 0.6) is 5.88 Å². The number of carbonyl (C=O) groups excluding carboxylic acids is 1. The molecule has 23 heavy (non-hydrogen) atoms. The topological polar surface area (TPSA) is 66.5 Å². The van der Waals surface area contributed by atoms with E-state index in [9.17, 15) is 4.79 Å². The van der Waals surface area contributed by atoms with Gasteiger partial charge in [0.25, 0.3) is 0 Å². The summed E-state index contributed by atoms with van der Waals surface area (Å²) in [6, 6.07) is 4.00. The van der Waals surface area contributed by atoms with Crippen molar-refractivity contribution in [1.82, 2.24) is 15.2 Å². The zero-order valence-electron chi connectivity index (χ0n) is 14.2. The standard InChI is InChI=1S/C17H28N4O2/c1-14-7-3-5-11-21(14)12-6-4-10-18-17(22)20-15-8-9-16(23-2)19-13-15/h8-9,13-14H,3-7,10-12H2,1-2H3,(H2,18,20,22)/t14-/m0/s1. The molecule has 0 unspecified atom stereocenters. The maximum absolute atomic E-state index is 11.8. The number of anilines is 1. The highest BCUT2D eigenvalue weighted by Gasteiger charge is 2.16. The molecule has 2 N–H and O–H groups in total. The summed E-state index contributed by atoms with van der Waals surface area (Å²) in [6.07, 6.45) is 7.69. The van der Waals surface area contributed by atoms with Crippen LogP contribution in [-0.4, -0.2) is 48.7 Å². The Kier molecular flexibility index (Phi) is 7.13. The van der Waals surface area contributed by atoms with E-state index in [1.165, 1.54) is 25.8 Å². The summed E-state index contributed by atoms with van der Waals surface area (Å²) in [5, 5.41) is 5.64. The van der Waals surface area contributed by atoms with Gasteiger partial charge in [-0.25, -0.2) is 9.78 Å². The van der Waals surface area contributed by atoms with Crippen LogP contribution in [0.1, 0.15) is 39.0 Å². The van der Waals surface area contributed by atoms with E-state index in [0.29, 0.717) is 24.2 Å². The van der Waals surface area contributed by atoms with E-state index < -0.39 is 0 Å². The molecule has 0 bridgehead atoms. The third kappa shape index (κ3) is 6.06. The quantitative estimate of drug-likeness (QED) is 0.758. The average Bonchev–Trinajstić information content (AvgIpc) is 2.57. The van der Waals surface area contributed by atoms with Crippen molar-refractivity contribution in [2.24, 2.45) is 0 Å². The van der Waals surface area contributed by atoms with Gasteiger partial charge in [-0.15, -0.1) is 0 Å². The maximum Gasteiger partial charge on any atom is 0.319 e.